The van der Waals surface area contributed by atoms with Crippen LogP contribution in [0.1, 0.15) is 21.6 Å². The molecule has 3 rings (SSSR count). The molecule has 0 atom stereocenters. The Labute approximate surface area is 151 Å². The van der Waals surface area contributed by atoms with Gasteiger partial charge in [-0.1, -0.05) is 18.2 Å². The zero-order valence-electron chi connectivity index (χ0n) is 14.4. The van der Waals surface area contributed by atoms with Crippen molar-refractivity contribution in [3.63, 3.8) is 0 Å². The normalized spacial score (nSPS) is 10.4. The van der Waals surface area contributed by atoms with E-state index < -0.39 is 0 Å². The van der Waals surface area contributed by atoms with Crippen LogP contribution in [0.4, 0.5) is 17.2 Å². The number of nitrogens with one attached hydrogen (secondary N) is 2. The topological polar surface area (TPSA) is 87.1 Å². The summed E-state index contributed by atoms with van der Waals surface area (Å²) in [5, 5.41) is 23.0. The number of benzene rings is 2. The molecule has 26 heavy (non-hydrogen) atoms. The molecule has 3 aromatic rings. The number of nitrogens with zero attached hydrogens (tertiary/aromatic N) is 2. The fraction of sp³-hybridized carbons (Fsp3) is 0.150. The van der Waals surface area contributed by atoms with Crippen molar-refractivity contribution in [2.24, 2.45) is 0 Å². The van der Waals surface area contributed by atoms with Gasteiger partial charge in [-0.3, -0.25) is 4.79 Å². The summed E-state index contributed by atoms with van der Waals surface area (Å²) < 4.78 is 0. The Hall–Kier alpha value is -3.25. The molecule has 0 saturated heterocycles. The van der Waals surface area contributed by atoms with E-state index in [1.807, 2.05) is 55.5 Å². The highest BCUT2D eigenvalue weighted by atomic mass is 16.3. The SMILES string of the molecule is Cc1ccc(Nc2cccc(C(=O)Nc3ccc(CCO)cc3)c2)nn1. The predicted molar refractivity (Wildman–Crippen MR) is 102 cm³/mol. The van der Waals surface area contributed by atoms with Gasteiger partial charge in [-0.05, 0) is 61.4 Å². The summed E-state index contributed by atoms with van der Waals surface area (Å²) in [5.41, 5.74) is 3.87. The number of hydrogen-bond acceptors (Lipinski definition) is 5. The Morgan fingerprint density at radius 2 is 1.81 bits per heavy atom. The van der Waals surface area contributed by atoms with E-state index in [1.165, 1.54) is 0 Å². The van der Waals surface area contributed by atoms with Crippen LogP contribution in [0.25, 0.3) is 0 Å². The Morgan fingerprint density at radius 1 is 1.00 bits per heavy atom. The van der Waals surface area contributed by atoms with E-state index in [0.717, 1.165) is 16.9 Å². The molecule has 132 valence electrons. The third kappa shape index (κ3) is 4.64. The van der Waals surface area contributed by atoms with Gasteiger partial charge in [0.05, 0.1) is 5.69 Å². The van der Waals surface area contributed by atoms with Crippen LogP contribution in [0.5, 0.6) is 0 Å². The van der Waals surface area contributed by atoms with Crippen molar-refractivity contribution >= 4 is 23.1 Å². The van der Waals surface area contributed by atoms with Crippen LogP contribution >= 0.6 is 0 Å². The van der Waals surface area contributed by atoms with E-state index in [4.69, 9.17) is 5.11 Å². The van der Waals surface area contributed by atoms with Crippen molar-refractivity contribution in [2.75, 3.05) is 17.2 Å². The van der Waals surface area contributed by atoms with Gasteiger partial charge >= 0.3 is 0 Å². The second kappa shape index (κ2) is 8.22. The standard InChI is InChI=1S/C20H20N4O2/c1-14-5-10-19(24-23-14)21-18-4-2-3-16(13-18)20(26)22-17-8-6-15(7-9-17)11-12-25/h2-10,13,25H,11-12H2,1H3,(H,21,24)(H,22,26). The molecule has 1 amide bonds. The molecule has 2 aromatic carbocycles. The van der Waals surface area contributed by atoms with Crippen LogP contribution in [0, 0.1) is 6.92 Å². The minimum Gasteiger partial charge on any atom is -0.396 e. The maximum atomic E-state index is 12.5. The number of carbonyl (C=O) groups excluding carboxylic acids is 1. The van der Waals surface area contributed by atoms with Gasteiger partial charge in [0.2, 0.25) is 0 Å². The lowest BCUT2D eigenvalue weighted by atomic mass is 10.1. The first-order chi connectivity index (χ1) is 12.6. The summed E-state index contributed by atoms with van der Waals surface area (Å²) in [6.07, 6.45) is 0.601. The number of anilines is 3. The summed E-state index contributed by atoms with van der Waals surface area (Å²) in [6.45, 7) is 1.98. The van der Waals surface area contributed by atoms with Crippen LogP contribution in [0.15, 0.2) is 60.7 Å². The molecule has 0 fully saturated rings. The molecule has 0 aliphatic heterocycles. The summed E-state index contributed by atoms with van der Waals surface area (Å²) >= 11 is 0. The number of amides is 1. The molecule has 0 radical (unpaired) electrons. The Morgan fingerprint density at radius 3 is 2.50 bits per heavy atom. The molecule has 0 bridgehead atoms. The maximum absolute atomic E-state index is 12.5. The number of hydrogen-bond donors (Lipinski definition) is 3. The summed E-state index contributed by atoms with van der Waals surface area (Å²) in [7, 11) is 0. The molecule has 0 aliphatic rings. The zero-order chi connectivity index (χ0) is 18.4. The van der Waals surface area contributed by atoms with E-state index in [9.17, 15) is 4.79 Å². The smallest absolute Gasteiger partial charge is 0.255 e. The average molecular weight is 348 g/mol. The highest BCUT2D eigenvalue weighted by Gasteiger charge is 2.07. The van der Waals surface area contributed by atoms with Gasteiger partial charge in [-0.25, -0.2) is 0 Å². The lowest BCUT2D eigenvalue weighted by Crippen LogP contribution is -2.12. The van der Waals surface area contributed by atoms with Crippen LogP contribution in [-0.4, -0.2) is 27.8 Å². The first-order valence-corrected chi connectivity index (χ1v) is 8.32. The Bertz CT molecular complexity index is 877. The molecule has 6 nitrogen and oxygen atoms in total. The lowest BCUT2D eigenvalue weighted by molar-refractivity contribution is 0.102. The highest BCUT2D eigenvalue weighted by molar-refractivity contribution is 6.04. The molecule has 0 spiro atoms. The summed E-state index contributed by atoms with van der Waals surface area (Å²) in [4.78, 5) is 12.5. The maximum Gasteiger partial charge on any atom is 0.255 e. The van der Waals surface area contributed by atoms with Crippen molar-refractivity contribution in [1.82, 2.24) is 10.2 Å². The van der Waals surface area contributed by atoms with Crippen molar-refractivity contribution < 1.29 is 9.90 Å². The van der Waals surface area contributed by atoms with E-state index in [2.05, 4.69) is 20.8 Å². The average Bonchev–Trinajstić information content (AvgIpc) is 2.66. The number of carbonyl (C=O) groups is 1. The Balaban J connectivity index is 1.68. The number of aryl methyl sites for hydroxylation is 1. The second-order valence-electron chi connectivity index (χ2n) is 5.89. The van der Waals surface area contributed by atoms with Crippen molar-refractivity contribution in [3.8, 4) is 0 Å². The molecular formula is C20H20N4O2. The van der Waals surface area contributed by atoms with Gasteiger partial charge in [0.1, 0.15) is 0 Å². The van der Waals surface area contributed by atoms with Gasteiger partial charge in [0.15, 0.2) is 5.82 Å². The van der Waals surface area contributed by atoms with E-state index in [1.54, 1.807) is 12.1 Å². The van der Waals surface area contributed by atoms with Crippen LogP contribution in [-0.2, 0) is 6.42 Å². The highest BCUT2D eigenvalue weighted by Crippen LogP contribution is 2.17. The number of aliphatic hydroxyl groups is 1. The molecule has 0 saturated carbocycles. The van der Waals surface area contributed by atoms with E-state index in [-0.39, 0.29) is 12.5 Å². The van der Waals surface area contributed by atoms with E-state index >= 15 is 0 Å². The lowest BCUT2D eigenvalue weighted by Gasteiger charge is -2.09. The van der Waals surface area contributed by atoms with Gasteiger partial charge in [-0.15, -0.1) is 5.10 Å². The van der Waals surface area contributed by atoms with Crippen LogP contribution < -0.4 is 10.6 Å². The van der Waals surface area contributed by atoms with Crippen LogP contribution in [0.3, 0.4) is 0 Å². The molecule has 3 N–H and O–H groups in total. The monoisotopic (exact) mass is 348 g/mol. The zero-order valence-corrected chi connectivity index (χ0v) is 14.4. The van der Waals surface area contributed by atoms with E-state index in [0.29, 0.717) is 23.5 Å². The molecule has 0 aliphatic carbocycles. The summed E-state index contributed by atoms with van der Waals surface area (Å²) in [5.74, 6) is 0.422. The molecule has 6 heteroatoms. The second-order valence-corrected chi connectivity index (χ2v) is 5.89. The number of rotatable bonds is 6. The van der Waals surface area contributed by atoms with Crippen LogP contribution in [0.2, 0.25) is 0 Å². The number of aliphatic hydroxyl groups excluding tert-OH is 1. The third-order valence-corrected chi connectivity index (χ3v) is 3.81. The first-order valence-electron chi connectivity index (χ1n) is 8.32. The van der Waals surface area contributed by atoms with Crippen molar-refractivity contribution in [3.05, 3.63) is 77.5 Å². The minimum atomic E-state index is -0.196. The van der Waals surface area contributed by atoms with Crippen molar-refractivity contribution in [1.29, 1.82) is 0 Å². The van der Waals surface area contributed by atoms with Gasteiger partial charge in [0, 0.05) is 23.5 Å². The quantitative estimate of drug-likeness (QED) is 0.636. The molecule has 0 unspecified atom stereocenters. The first kappa shape index (κ1) is 17.6. The third-order valence-electron chi connectivity index (χ3n) is 3.81. The van der Waals surface area contributed by atoms with Gasteiger partial charge in [-0.2, -0.15) is 5.10 Å². The largest absolute Gasteiger partial charge is 0.396 e. The fourth-order valence-corrected chi connectivity index (χ4v) is 2.44. The van der Waals surface area contributed by atoms with Gasteiger partial charge < -0.3 is 15.7 Å². The Kier molecular flexibility index (Phi) is 5.56. The summed E-state index contributed by atoms with van der Waals surface area (Å²) in [6, 6.07) is 18.3. The number of aromatic nitrogens is 2. The predicted octanol–water partition coefficient (Wildman–Crippen LogP) is 3.32. The minimum absolute atomic E-state index is 0.108. The molecule has 1 aromatic heterocycles. The molecule has 1 heterocycles. The van der Waals surface area contributed by atoms with Crippen molar-refractivity contribution in [2.45, 2.75) is 13.3 Å². The fourth-order valence-electron chi connectivity index (χ4n) is 2.44. The molecular weight excluding hydrogens is 328 g/mol. The van der Waals surface area contributed by atoms with Gasteiger partial charge in [0.25, 0.3) is 5.91 Å².